The molecule has 0 radical (unpaired) electrons. The first-order valence-corrected chi connectivity index (χ1v) is 35.2. The number of nitrogens with zero attached hydrogens (tertiary/aromatic N) is 3. The monoisotopic (exact) mass is 1590 g/mol. The number of hydrogen-bond acceptors (Lipinski definition) is 26. The summed E-state index contributed by atoms with van der Waals surface area (Å²) < 4.78 is 21.0. The minimum absolute atomic E-state index is 0. The smallest absolute Gasteiger partial charge is 0.329 e. The van der Waals surface area contributed by atoms with Crippen molar-refractivity contribution in [2.75, 3.05) is 59.1 Å². The molecule has 15 atom stereocenters. The van der Waals surface area contributed by atoms with Crippen molar-refractivity contribution >= 4 is 106 Å². The summed E-state index contributed by atoms with van der Waals surface area (Å²) in [7, 11) is 0. The Morgan fingerprint density at radius 3 is 1.00 bits per heavy atom. The third-order valence-corrected chi connectivity index (χ3v) is 17.4. The SMILES string of the molecule is CC(C)[C@H](NC(=O)CCC(=O)O)C(=O)OCc1ccccc1.CCCCN1C[C@H](O)[C@@H](O)[C@H](O)[C@H]1CO.CCCCN1C[C@H](O)[C@@H](O)[C@H](O)[C@H]1COC(=O)CCC(=O)N[C@H](C(=O)O)C(C)C.CCCCN1C[C@H](O)[C@@H](O)[C@H](O)[C@H]1COC(=O)CCC(=O)N[C@H](C(=O)OCc1ccccc1)C(C)C.Cl.S.S.S. The van der Waals surface area contributed by atoms with Gasteiger partial charge in [0.2, 0.25) is 17.7 Å². The molecule has 3 aliphatic rings. The normalized spacial score (nSPS) is 22.9. The van der Waals surface area contributed by atoms with Crippen LogP contribution >= 0.6 is 52.9 Å². The lowest BCUT2D eigenvalue weighted by molar-refractivity contribution is -0.164. The number of carboxylic acid groups (broad SMARTS) is 2. The molecule has 0 aromatic heterocycles. The first kappa shape index (κ1) is 105. The number of piperidine rings is 3. The number of carboxylic acids is 2. The third kappa shape index (κ3) is 38.7. The molecule has 0 saturated carbocycles. The summed E-state index contributed by atoms with van der Waals surface area (Å²) in [5.74, 6) is -6.77. The molecule has 3 aliphatic heterocycles. The minimum Gasteiger partial charge on any atom is -0.481 e. The second-order valence-electron chi connectivity index (χ2n) is 26.7. The molecule has 612 valence electrons. The van der Waals surface area contributed by atoms with E-state index in [9.17, 15) is 89.1 Å². The van der Waals surface area contributed by atoms with Crippen LogP contribution in [0.3, 0.4) is 0 Å². The molecule has 3 heterocycles. The van der Waals surface area contributed by atoms with Gasteiger partial charge in [0.1, 0.15) is 81.2 Å². The number of benzene rings is 2. The second kappa shape index (κ2) is 56.7. The molecule has 31 nitrogen and oxygen atoms in total. The average Bonchev–Trinajstić information content (AvgIpc) is 0.825. The summed E-state index contributed by atoms with van der Waals surface area (Å²) in [6.07, 6.45) is -6.37. The maximum atomic E-state index is 12.5. The van der Waals surface area contributed by atoms with Crippen LogP contribution in [0, 0.1) is 17.8 Å². The molecule has 0 spiro atoms. The van der Waals surface area contributed by atoms with Gasteiger partial charge in [-0.15, -0.1) is 12.4 Å². The first-order valence-electron chi connectivity index (χ1n) is 35.2. The Hall–Kier alpha value is -5.51. The van der Waals surface area contributed by atoms with E-state index in [0.717, 1.165) is 56.2 Å². The van der Waals surface area contributed by atoms with Crippen molar-refractivity contribution in [2.45, 2.75) is 244 Å². The Labute approximate surface area is 649 Å². The number of carbonyl (C=O) groups excluding carboxylic acids is 7. The highest BCUT2D eigenvalue weighted by Gasteiger charge is 2.44. The maximum Gasteiger partial charge on any atom is 0.329 e. The van der Waals surface area contributed by atoms with Crippen molar-refractivity contribution in [1.82, 2.24) is 30.7 Å². The number of nitrogens with one attached hydrogen (secondary N) is 3. The van der Waals surface area contributed by atoms with Gasteiger partial charge in [-0.25, -0.2) is 14.4 Å². The number of β-amino-alcohol motifs (C(OH)–C–C–N with tert-alkyl or cyclic N) is 3. The summed E-state index contributed by atoms with van der Waals surface area (Å²) in [6.45, 7) is 18.7. The molecule has 15 N–H and O–H groups in total. The lowest BCUT2D eigenvalue weighted by Gasteiger charge is -2.43. The fraction of sp³-hybridized carbons (Fsp3) is 0.704. The summed E-state index contributed by atoms with van der Waals surface area (Å²) in [6, 6.07) is 14.0. The van der Waals surface area contributed by atoms with Gasteiger partial charge in [-0.2, -0.15) is 40.5 Å². The number of amides is 3. The Morgan fingerprint density at radius 2 is 0.717 bits per heavy atom. The molecule has 5 rings (SSSR count). The predicted molar refractivity (Wildman–Crippen MR) is 408 cm³/mol. The Bertz CT molecular complexity index is 2820. The van der Waals surface area contributed by atoms with E-state index in [1.165, 1.54) is 0 Å². The van der Waals surface area contributed by atoms with Crippen LogP contribution in [0.15, 0.2) is 60.7 Å². The van der Waals surface area contributed by atoms with Crippen LogP contribution in [0.4, 0.5) is 0 Å². The quantitative estimate of drug-likeness (QED) is 0.0333. The number of aliphatic hydroxyl groups excluding tert-OH is 10. The minimum atomic E-state index is -1.33. The van der Waals surface area contributed by atoms with Crippen molar-refractivity contribution in [3.8, 4) is 0 Å². The van der Waals surface area contributed by atoms with E-state index in [1.54, 1.807) is 51.3 Å². The fourth-order valence-electron chi connectivity index (χ4n) is 11.0. The van der Waals surface area contributed by atoms with E-state index in [-0.39, 0.29) is 155 Å². The number of unbranched alkanes of at least 4 members (excludes halogenated alkanes) is 3. The average molecular weight is 1590 g/mol. The molecule has 3 amide bonds. The van der Waals surface area contributed by atoms with Gasteiger partial charge in [0.25, 0.3) is 0 Å². The van der Waals surface area contributed by atoms with Gasteiger partial charge in [-0.05, 0) is 67.8 Å². The summed E-state index contributed by atoms with van der Waals surface area (Å²) in [5.41, 5.74) is 1.69. The molecule has 35 heteroatoms. The molecule has 0 unspecified atom stereocenters. The molecule has 3 fully saturated rings. The maximum absolute atomic E-state index is 12.5. The number of carbonyl (C=O) groups is 9. The Kier molecular flexibility index (Phi) is 56.0. The molecule has 0 aliphatic carbocycles. The highest BCUT2D eigenvalue weighted by atomic mass is 35.5. The molecular formula is C71H123ClN6O25S3. The predicted octanol–water partition coefficient (Wildman–Crippen LogP) is 0.905. The van der Waals surface area contributed by atoms with Gasteiger partial charge in [0.15, 0.2) is 0 Å². The van der Waals surface area contributed by atoms with E-state index in [4.69, 9.17) is 34.3 Å². The van der Waals surface area contributed by atoms with Crippen molar-refractivity contribution in [1.29, 1.82) is 0 Å². The lowest BCUT2D eigenvalue weighted by Crippen LogP contribution is -2.62. The third-order valence-electron chi connectivity index (χ3n) is 17.4. The van der Waals surface area contributed by atoms with Crippen LogP contribution < -0.4 is 16.0 Å². The van der Waals surface area contributed by atoms with Gasteiger partial charge < -0.3 is 96.2 Å². The standard InChI is InChI=1S/C26H40N2O8.C19H34N2O8.C16H21NO5.C10H21NO4.ClH.3H2S/c1-4-5-13-28-14-20(29)25(33)24(32)19(28)16-35-22(31)12-11-21(30)27-23(17(2)3)26(34)36-15-18-9-7-6-8-10-18;1-4-5-8-21-9-13(22)18(26)17(25)12(21)10-29-15(24)7-6-14(23)20-16(11(2)3)19(27)28;1-11(2)15(17-13(18)8-9-14(19)20)16(21)22-10-12-6-4-3-5-7-12;1-2-3-4-11-5-8(13)10(15)9(14)7(11)6-12;;;;/h6-10,17,19-20,23-25,29,32-33H,4-5,11-16H2,1-3H3,(H,27,30);11-13,16-18,22,25-26H,4-10H2,1-3H3,(H,20,23)(H,27,28);3-7,11,15H,8-10H2,1-2H3,(H,17,18)(H,19,20);7-10,12-15H,2-6H2,1H3;1H;3*1H2/t19-,20+,23+,24-,25-;12-,13+,16+,17-,18-;15-;7-,8+,9-,10-;;;;/m1101..../s1. The van der Waals surface area contributed by atoms with Crippen molar-refractivity contribution in [3.05, 3.63) is 71.8 Å². The number of hydrogen-bond donors (Lipinski definition) is 15. The number of aliphatic carboxylic acids is 2. The van der Waals surface area contributed by atoms with Gasteiger partial charge >= 0.3 is 35.8 Å². The number of likely N-dealkylation sites (tertiary alicyclic amines) is 3. The summed E-state index contributed by atoms with van der Waals surface area (Å²) in [4.78, 5) is 112. The van der Waals surface area contributed by atoms with E-state index in [2.05, 4.69) is 22.9 Å². The fourth-order valence-corrected chi connectivity index (χ4v) is 11.0. The summed E-state index contributed by atoms with van der Waals surface area (Å²) >= 11 is 0. The zero-order chi connectivity index (χ0) is 76.8. The number of ether oxygens (including phenoxy) is 4. The van der Waals surface area contributed by atoms with Crippen molar-refractivity contribution in [2.24, 2.45) is 17.8 Å². The van der Waals surface area contributed by atoms with E-state index in [1.807, 2.05) is 79.4 Å². The van der Waals surface area contributed by atoms with E-state index >= 15 is 0 Å². The Morgan fingerprint density at radius 1 is 0.425 bits per heavy atom. The van der Waals surface area contributed by atoms with Crippen LogP contribution in [0.2, 0.25) is 0 Å². The molecule has 0 bridgehead atoms. The zero-order valence-electron chi connectivity index (χ0n) is 62.4. The van der Waals surface area contributed by atoms with Crippen LogP contribution in [0.25, 0.3) is 0 Å². The van der Waals surface area contributed by atoms with E-state index < -0.39 is 145 Å². The molecule has 3 saturated heterocycles. The zero-order valence-corrected chi connectivity index (χ0v) is 66.2. The van der Waals surface area contributed by atoms with Crippen LogP contribution in [-0.4, -0.2) is 280 Å². The summed E-state index contributed by atoms with van der Waals surface area (Å²) in [5, 5.41) is 123. The number of rotatable bonds is 36. The van der Waals surface area contributed by atoms with Crippen molar-refractivity contribution < 1.29 is 123 Å². The largest absolute Gasteiger partial charge is 0.481 e. The van der Waals surface area contributed by atoms with E-state index in [0.29, 0.717) is 19.6 Å². The van der Waals surface area contributed by atoms with Gasteiger partial charge in [0.05, 0.1) is 62.3 Å². The highest BCUT2D eigenvalue weighted by Crippen LogP contribution is 2.24. The molecule has 2 aromatic carbocycles. The van der Waals surface area contributed by atoms with Crippen molar-refractivity contribution in [3.63, 3.8) is 0 Å². The second-order valence-corrected chi connectivity index (χ2v) is 26.7. The molecule has 106 heavy (non-hydrogen) atoms. The number of aliphatic hydroxyl groups is 10. The van der Waals surface area contributed by atoms with Gasteiger partial charge in [-0.3, -0.25) is 43.5 Å². The lowest BCUT2D eigenvalue weighted by atomic mass is 9.94. The van der Waals surface area contributed by atoms with Gasteiger partial charge in [0, 0.05) is 38.9 Å². The topological polar surface area (TPSA) is 479 Å². The van der Waals surface area contributed by atoms with Gasteiger partial charge in [-0.1, -0.05) is 142 Å². The van der Waals surface area contributed by atoms with Crippen LogP contribution in [0.5, 0.6) is 0 Å². The van der Waals surface area contributed by atoms with Crippen LogP contribution in [-0.2, 0) is 75.3 Å². The number of esters is 4. The highest BCUT2D eigenvalue weighted by molar-refractivity contribution is 7.59. The van der Waals surface area contributed by atoms with Crippen LogP contribution in [0.1, 0.15) is 150 Å². The molecular weight excluding hydrogens is 1470 g/mol. The first-order chi connectivity index (χ1) is 48.2. The Balaban J connectivity index is -0.00000137. The molecule has 2 aromatic rings. The number of halogens is 1.